The number of halogens is 4. The summed E-state index contributed by atoms with van der Waals surface area (Å²) in [6, 6.07) is 4.67. The van der Waals surface area contributed by atoms with Crippen molar-refractivity contribution in [2.24, 2.45) is 16.5 Å². The highest BCUT2D eigenvalue weighted by atomic mass is 35.5. The summed E-state index contributed by atoms with van der Waals surface area (Å²) in [7, 11) is 0. The molecule has 5 N–H and O–H groups in total. The fraction of sp³-hybridized carbons (Fsp3) is 0.0625. The maximum atomic E-state index is 12.8. The number of aromatic hydroxyl groups is 1. The van der Waals surface area contributed by atoms with Gasteiger partial charge in [0.25, 0.3) is 5.91 Å². The van der Waals surface area contributed by atoms with Crippen LogP contribution in [-0.4, -0.2) is 17.0 Å². The number of amides is 1. The highest BCUT2D eigenvalue weighted by molar-refractivity contribution is 6.34. The van der Waals surface area contributed by atoms with Crippen molar-refractivity contribution in [1.82, 2.24) is 0 Å². The summed E-state index contributed by atoms with van der Waals surface area (Å²) in [5.74, 6) is -2.22. The molecule has 0 aliphatic heterocycles. The maximum absolute atomic E-state index is 12.8. The Balaban J connectivity index is 2.81. The molecule has 0 spiro atoms. The van der Waals surface area contributed by atoms with Crippen LogP contribution in [0, 0.1) is 6.57 Å². The number of nitrogens with two attached hydrogens (primary N) is 2. The van der Waals surface area contributed by atoms with E-state index in [1.165, 1.54) is 6.07 Å². The van der Waals surface area contributed by atoms with E-state index in [0.29, 0.717) is 6.07 Å². The summed E-state index contributed by atoms with van der Waals surface area (Å²) in [4.78, 5) is 18.8. The van der Waals surface area contributed by atoms with Gasteiger partial charge in [0.05, 0.1) is 17.7 Å². The zero-order valence-electron chi connectivity index (χ0n) is 12.8. The van der Waals surface area contributed by atoms with Gasteiger partial charge in [0.1, 0.15) is 5.75 Å². The molecule has 1 amide bonds. The molecule has 2 rings (SSSR count). The predicted octanol–water partition coefficient (Wildman–Crippen LogP) is 3.70. The Morgan fingerprint density at radius 3 is 2.38 bits per heavy atom. The zero-order chi connectivity index (χ0) is 19.6. The number of hydrogen-bond donors (Lipinski definition) is 3. The van der Waals surface area contributed by atoms with Crippen LogP contribution in [0.4, 0.5) is 18.9 Å². The first-order valence-electron chi connectivity index (χ1n) is 6.80. The second kappa shape index (κ2) is 6.93. The van der Waals surface area contributed by atoms with Crippen LogP contribution >= 0.6 is 11.6 Å². The largest absolute Gasteiger partial charge is 0.507 e. The average Bonchev–Trinajstić information content (AvgIpc) is 2.52. The Hall–Kier alpha value is -3.25. The monoisotopic (exact) mass is 382 g/mol. The quantitative estimate of drug-likeness (QED) is 0.418. The summed E-state index contributed by atoms with van der Waals surface area (Å²) < 4.78 is 38.4. The van der Waals surface area contributed by atoms with Gasteiger partial charge in [0, 0.05) is 10.6 Å². The lowest BCUT2D eigenvalue weighted by Crippen LogP contribution is -2.24. The van der Waals surface area contributed by atoms with Gasteiger partial charge in [0.15, 0.2) is 11.6 Å². The van der Waals surface area contributed by atoms with E-state index in [9.17, 15) is 23.1 Å². The fourth-order valence-electron chi connectivity index (χ4n) is 2.23. The molecular weight excluding hydrogens is 373 g/mol. The van der Waals surface area contributed by atoms with E-state index in [4.69, 9.17) is 29.6 Å². The number of carbonyl (C=O) groups is 1. The minimum absolute atomic E-state index is 0.0595. The van der Waals surface area contributed by atoms with E-state index in [2.05, 4.69) is 9.84 Å². The van der Waals surface area contributed by atoms with E-state index in [0.717, 1.165) is 18.2 Å². The molecule has 0 unspecified atom stereocenters. The molecule has 0 saturated heterocycles. The van der Waals surface area contributed by atoms with E-state index >= 15 is 0 Å². The van der Waals surface area contributed by atoms with Crippen LogP contribution in [0.5, 0.6) is 5.75 Å². The van der Waals surface area contributed by atoms with E-state index in [1.54, 1.807) is 0 Å². The van der Waals surface area contributed by atoms with E-state index < -0.39 is 34.9 Å². The number of benzene rings is 2. The highest BCUT2D eigenvalue weighted by Crippen LogP contribution is 2.43. The van der Waals surface area contributed by atoms with Crippen molar-refractivity contribution in [3.05, 3.63) is 57.9 Å². The van der Waals surface area contributed by atoms with Gasteiger partial charge in [-0.25, -0.2) is 4.85 Å². The lowest BCUT2D eigenvalue weighted by molar-refractivity contribution is -0.137. The van der Waals surface area contributed by atoms with Crippen molar-refractivity contribution < 1.29 is 23.1 Å². The number of guanidine groups is 1. The smallest absolute Gasteiger partial charge is 0.416 e. The number of alkyl halides is 3. The van der Waals surface area contributed by atoms with Gasteiger partial charge in [-0.2, -0.15) is 18.2 Å². The van der Waals surface area contributed by atoms with Gasteiger partial charge in [-0.1, -0.05) is 23.7 Å². The third-order valence-electron chi connectivity index (χ3n) is 3.29. The summed E-state index contributed by atoms with van der Waals surface area (Å²) in [5.41, 5.74) is 8.49. The van der Waals surface area contributed by atoms with Crippen molar-refractivity contribution in [3.8, 4) is 16.9 Å². The molecule has 134 valence electrons. The topological polar surface area (TPSA) is 106 Å². The molecule has 0 radical (unpaired) electrons. The zero-order valence-corrected chi connectivity index (χ0v) is 13.6. The SMILES string of the molecule is [C-]#[N+]c1ccc(O)c(C(=O)N=C(N)N)c1-c1ccc(C(F)(F)F)cc1Cl. The second-order valence-electron chi connectivity index (χ2n) is 5.00. The number of rotatable bonds is 2. The summed E-state index contributed by atoms with van der Waals surface area (Å²) in [5, 5.41) is 9.67. The maximum Gasteiger partial charge on any atom is 0.416 e. The number of phenolic OH excluding ortho intramolecular Hbond substituents is 1. The van der Waals surface area contributed by atoms with Crippen LogP contribution in [0.25, 0.3) is 16.0 Å². The molecule has 0 aromatic heterocycles. The molecule has 10 heteroatoms. The van der Waals surface area contributed by atoms with Crippen LogP contribution in [0.1, 0.15) is 15.9 Å². The van der Waals surface area contributed by atoms with Crippen molar-refractivity contribution in [3.63, 3.8) is 0 Å². The Morgan fingerprint density at radius 2 is 1.88 bits per heavy atom. The van der Waals surface area contributed by atoms with E-state index in [-0.39, 0.29) is 21.8 Å². The molecule has 0 aliphatic carbocycles. The lowest BCUT2D eigenvalue weighted by Gasteiger charge is -2.14. The Bertz CT molecular complexity index is 961. The molecular formula is C16H10ClF3N4O2. The van der Waals surface area contributed by atoms with Gasteiger partial charge in [-0.05, 0) is 23.8 Å². The fourth-order valence-corrected chi connectivity index (χ4v) is 2.51. The van der Waals surface area contributed by atoms with Crippen LogP contribution < -0.4 is 11.5 Å². The number of hydrogen-bond acceptors (Lipinski definition) is 2. The first-order chi connectivity index (χ1) is 12.1. The number of carbonyl (C=O) groups excluding carboxylic acids is 1. The van der Waals surface area contributed by atoms with Crippen molar-refractivity contribution in [1.29, 1.82) is 0 Å². The van der Waals surface area contributed by atoms with Crippen LogP contribution in [-0.2, 0) is 6.18 Å². The molecule has 0 heterocycles. The molecule has 0 aliphatic rings. The number of phenols is 1. The van der Waals surface area contributed by atoms with Crippen LogP contribution in [0.2, 0.25) is 5.02 Å². The minimum atomic E-state index is -4.62. The molecule has 0 fully saturated rings. The number of nitrogens with zero attached hydrogens (tertiary/aromatic N) is 2. The van der Waals surface area contributed by atoms with Crippen LogP contribution in [0.3, 0.4) is 0 Å². The normalized spacial score (nSPS) is 10.9. The standard InChI is InChI=1S/C16H10ClF3N4O2/c1-23-10-4-5-11(25)13(14(26)24-15(21)22)12(10)8-3-2-7(6-9(8)17)16(18,19)20/h2-6,25H,(H4,21,22,24,26). The molecule has 2 aromatic rings. The van der Waals surface area contributed by atoms with Crippen molar-refractivity contribution >= 4 is 29.2 Å². The third kappa shape index (κ3) is 3.70. The van der Waals surface area contributed by atoms with Gasteiger partial charge >= 0.3 is 6.18 Å². The van der Waals surface area contributed by atoms with Gasteiger partial charge in [-0.15, -0.1) is 0 Å². The highest BCUT2D eigenvalue weighted by Gasteiger charge is 2.31. The predicted molar refractivity (Wildman–Crippen MR) is 90.0 cm³/mol. The summed E-state index contributed by atoms with van der Waals surface area (Å²) >= 11 is 5.95. The Morgan fingerprint density at radius 1 is 1.23 bits per heavy atom. The summed E-state index contributed by atoms with van der Waals surface area (Å²) in [6.07, 6.45) is -4.62. The van der Waals surface area contributed by atoms with Crippen molar-refractivity contribution in [2.75, 3.05) is 0 Å². The second-order valence-corrected chi connectivity index (χ2v) is 5.41. The molecule has 0 saturated carbocycles. The summed E-state index contributed by atoms with van der Waals surface area (Å²) in [6.45, 7) is 7.22. The third-order valence-corrected chi connectivity index (χ3v) is 3.60. The molecule has 2 aromatic carbocycles. The Labute approximate surface area is 150 Å². The lowest BCUT2D eigenvalue weighted by atomic mass is 9.95. The van der Waals surface area contributed by atoms with E-state index in [1.807, 2.05) is 0 Å². The van der Waals surface area contributed by atoms with Gasteiger partial charge in [0.2, 0.25) is 0 Å². The first kappa shape index (κ1) is 19.1. The molecule has 6 nitrogen and oxygen atoms in total. The average molecular weight is 383 g/mol. The molecule has 0 bridgehead atoms. The minimum Gasteiger partial charge on any atom is -0.507 e. The Kier molecular flexibility index (Phi) is 5.09. The molecule has 0 atom stereocenters. The van der Waals surface area contributed by atoms with Gasteiger partial charge in [-0.3, -0.25) is 4.79 Å². The molecule has 26 heavy (non-hydrogen) atoms. The van der Waals surface area contributed by atoms with Crippen LogP contribution in [0.15, 0.2) is 35.3 Å². The first-order valence-corrected chi connectivity index (χ1v) is 7.18. The number of aliphatic imine (C=N–C) groups is 1. The van der Waals surface area contributed by atoms with Crippen molar-refractivity contribution in [2.45, 2.75) is 6.18 Å². The van der Waals surface area contributed by atoms with Gasteiger partial charge < -0.3 is 16.6 Å².